The smallest absolute Gasteiger partial charge is 0.149 e. The zero-order valence-corrected chi connectivity index (χ0v) is 9.76. The second kappa shape index (κ2) is 4.53. The Bertz CT molecular complexity index is 441. The van der Waals surface area contributed by atoms with Crippen LogP contribution in [-0.4, -0.2) is 27.0 Å². The molecule has 0 unspecified atom stereocenters. The molecule has 0 saturated heterocycles. The molecule has 0 heterocycles. The second-order valence-electron chi connectivity index (χ2n) is 3.59. The van der Waals surface area contributed by atoms with Gasteiger partial charge in [-0.2, -0.15) is 0 Å². The third kappa shape index (κ3) is 3.79. The summed E-state index contributed by atoms with van der Waals surface area (Å²) in [7, 11) is -2.92. The van der Waals surface area contributed by atoms with E-state index >= 15 is 0 Å². The van der Waals surface area contributed by atoms with Crippen molar-refractivity contribution in [1.29, 1.82) is 0 Å². The molecule has 0 radical (unpaired) electrons. The van der Waals surface area contributed by atoms with E-state index in [1.807, 2.05) is 25.1 Å². The van der Waals surface area contributed by atoms with E-state index in [0.29, 0.717) is 12.2 Å². The highest BCUT2D eigenvalue weighted by Gasteiger charge is 2.03. The van der Waals surface area contributed by atoms with Crippen molar-refractivity contribution in [2.24, 2.45) is 0 Å². The van der Waals surface area contributed by atoms with Gasteiger partial charge in [0.2, 0.25) is 0 Å². The highest BCUT2D eigenvalue weighted by molar-refractivity contribution is 7.90. The number of anilines is 2. The summed E-state index contributed by atoms with van der Waals surface area (Å²) >= 11 is 0. The molecular formula is C10H16N2O2S. The molecule has 0 saturated carbocycles. The van der Waals surface area contributed by atoms with Crippen LogP contribution in [0.5, 0.6) is 0 Å². The van der Waals surface area contributed by atoms with Gasteiger partial charge in [-0.1, -0.05) is 12.1 Å². The van der Waals surface area contributed by atoms with Gasteiger partial charge in [0.25, 0.3) is 0 Å². The molecule has 84 valence electrons. The van der Waals surface area contributed by atoms with Gasteiger partial charge in [0.05, 0.1) is 17.1 Å². The first-order valence-electron chi connectivity index (χ1n) is 4.67. The van der Waals surface area contributed by atoms with Crippen LogP contribution in [-0.2, 0) is 9.84 Å². The lowest BCUT2D eigenvalue weighted by Gasteiger charge is -2.10. The van der Waals surface area contributed by atoms with E-state index in [1.165, 1.54) is 6.26 Å². The van der Waals surface area contributed by atoms with Crippen LogP contribution in [0.25, 0.3) is 0 Å². The number of nitrogen functional groups attached to an aromatic ring is 1. The maximum absolute atomic E-state index is 10.9. The summed E-state index contributed by atoms with van der Waals surface area (Å²) in [6, 6.07) is 5.64. The number of hydrogen-bond donors (Lipinski definition) is 2. The largest absolute Gasteiger partial charge is 0.397 e. The molecule has 0 bridgehead atoms. The summed E-state index contributed by atoms with van der Waals surface area (Å²) in [5.41, 5.74) is 8.27. The number of benzene rings is 1. The Morgan fingerprint density at radius 3 is 2.67 bits per heavy atom. The van der Waals surface area contributed by atoms with Crippen molar-refractivity contribution in [3.63, 3.8) is 0 Å². The van der Waals surface area contributed by atoms with E-state index in [0.717, 1.165) is 11.3 Å². The molecule has 1 rings (SSSR count). The molecule has 15 heavy (non-hydrogen) atoms. The van der Waals surface area contributed by atoms with Crippen LogP contribution in [0.4, 0.5) is 11.4 Å². The Kier molecular flexibility index (Phi) is 3.57. The third-order valence-electron chi connectivity index (χ3n) is 2.11. The average Bonchev–Trinajstić information content (AvgIpc) is 2.10. The number of sulfone groups is 1. The molecule has 0 atom stereocenters. The van der Waals surface area contributed by atoms with E-state index in [-0.39, 0.29) is 5.75 Å². The Balaban J connectivity index is 2.62. The molecule has 0 amide bonds. The number of nitrogens with two attached hydrogens (primary N) is 1. The van der Waals surface area contributed by atoms with E-state index < -0.39 is 9.84 Å². The molecule has 0 aromatic heterocycles. The monoisotopic (exact) mass is 228 g/mol. The van der Waals surface area contributed by atoms with E-state index in [9.17, 15) is 8.42 Å². The van der Waals surface area contributed by atoms with Gasteiger partial charge < -0.3 is 11.1 Å². The number of nitrogens with one attached hydrogen (secondary N) is 1. The lowest BCUT2D eigenvalue weighted by Crippen LogP contribution is -2.15. The summed E-state index contributed by atoms with van der Waals surface area (Å²) in [5, 5.41) is 3.01. The quantitative estimate of drug-likeness (QED) is 0.755. The highest BCUT2D eigenvalue weighted by Crippen LogP contribution is 2.21. The van der Waals surface area contributed by atoms with Crippen molar-refractivity contribution >= 4 is 21.2 Å². The minimum Gasteiger partial charge on any atom is -0.397 e. The van der Waals surface area contributed by atoms with Gasteiger partial charge in [-0.05, 0) is 18.6 Å². The Hall–Kier alpha value is -1.23. The maximum atomic E-state index is 10.9. The van der Waals surface area contributed by atoms with Gasteiger partial charge in [0, 0.05) is 12.8 Å². The molecule has 0 spiro atoms. The summed E-state index contributed by atoms with van der Waals surface area (Å²) < 4.78 is 21.8. The number of aryl methyl sites for hydroxylation is 1. The fraction of sp³-hybridized carbons (Fsp3) is 0.400. The molecule has 0 aliphatic heterocycles. The van der Waals surface area contributed by atoms with Crippen LogP contribution >= 0.6 is 0 Å². The Labute approximate surface area is 90.4 Å². The Morgan fingerprint density at radius 1 is 1.40 bits per heavy atom. The normalized spacial score (nSPS) is 11.3. The second-order valence-corrected chi connectivity index (χ2v) is 5.85. The predicted molar refractivity (Wildman–Crippen MR) is 63.8 cm³/mol. The number of para-hydroxylation sites is 1. The molecule has 0 aliphatic carbocycles. The van der Waals surface area contributed by atoms with Crippen molar-refractivity contribution in [3.8, 4) is 0 Å². The molecule has 0 fully saturated rings. The minimum absolute atomic E-state index is 0.111. The van der Waals surface area contributed by atoms with Crippen LogP contribution < -0.4 is 11.1 Å². The standard InChI is InChI=1S/C10H16N2O2S/c1-8-4-3-5-9(10(8)11)12-6-7-15(2,13)14/h3-5,12H,6-7,11H2,1-2H3. The van der Waals surface area contributed by atoms with Crippen LogP contribution in [0.3, 0.4) is 0 Å². The minimum atomic E-state index is -2.92. The van der Waals surface area contributed by atoms with Crippen molar-refractivity contribution in [1.82, 2.24) is 0 Å². The van der Waals surface area contributed by atoms with Crippen LogP contribution in [0.2, 0.25) is 0 Å². The van der Waals surface area contributed by atoms with Crippen molar-refractivity contribution in [2.45, 2.75) is 6.92 Å². The molecule has 4 nitrogen and oxygen atoms in total. The average molecular weight is 228 g/mol. The summed E-state index contributed by atoms with van der Waals surface area (Å²) in [4.78, 5) is 0. The SMILES string of the molecule is Cc1cccc(NCCS(C)(=O)=O)c1N. The molecule has 3 N–H and O–H groups in total. The molecule has 1 aromatic carbocycles. The summed E-state index contributed by atoms with van der Waals surface area (Å²) in [6.45, 7) is 2.30. The topological polar surface area (TPSA) is 72.2 Å². The number of rotatable bonds is 4. The first-order chi connectivity index (χ1) is 6.90. The van der Waals surface area contributed by atoms with Gasteiger partial charge >= 0.3 is 0 Å². The lowest BCUT2D eigenvalue weighted by atomic mass is 10.2. The van der Waals surface area contributed by atoms with Gasteiger partial charge in [-0.15, -0.1) is 0 Å². The fourth-order valence-electron chi connectivity index (χ4n) is 1.21. The van der Waals surface area contributed by atoms with Crippen molar-refractivity contribution in [2.75, 3.05) is 29.6 Å². The van der Waals surface area contributed by atoms with Crippen LogP contribution in [0.1, 0.15) is 5.56 Å². The maximum Gasteiger partial charge on any atom is 0.149 e. The summed E-state index contributed by atoms with van der Waals surface area (Å²) in [5.74, 6) is 0.111. The van der Waals surface area contributed by atoms with Crippen LogP contribution in [0.15, 0.2) is 18.2 Å². The zero-order valence-electron chi connectivity index (χ0n) is 8.95. The molecule has 0 aliphatic rings. The van der Waals surface area contributed by atoms with Gasteiger partial charge in [-0.3, -0.25) is 0 Å². The predicted octanol–water partition coefficient (Wildman–Crippen LogP) is 1.03. The zero-order chi connectivity index (χ0) is 11.5. The van der Waals surface area contributed by atoms with Gasteiger partial charge in [0.1, 0.15) is 9.84 Å². The highest BCUT2D eigenvalue weighted by atomic mass is 32.2. The van der Waals surface area contributed by atoms with Crippen molar-refractivity contribution in [3.05, 3.63) is 23.8 Å². The van der Waals surface area contributed by atoms with Gasteiger partial charge in [0.15, 0.2) is 0 Å². The van der Waals surface area contributed by atoms with E-state index in [1.54, 1.807) is 0 Å². The van der Waals surface area contributed by atoms with E-state index in [2.05, 4.69) is 5.32 Å². The first-order valence-corrected chi connectivity index (χ1v) is 6.73. The Morgan fingerprint density at radius 2 is 2.07 bits per heavy atom. The molecule has 5 heteroatoms. The van der Waals surface area contributed by atoms with Gasteiger partial charge in [-0.25, -0.2) is 8.42 Å². The van der Waals surface area contributed by atoms with Crippen molar-refractivity contribution < 1.29 is 8.42 Å². The van der Waals surface area contributed by atoms with Crippen LogP contribution in [0, 0.1) is 6.92 Å². The van der Waals surface area contributed by atoms with E-state index in [4.69, 9.17) is 5.73 Å². The fourth-order valence-corrected chi connectivity index (χ4v) is 1.68. The first kappa shape index (κ1) is 11.8. The molecular weight excluding hydrogens is 212 g/mol. The molecule has 1 aromatic rings. The lowest BCUT2D eigenvalue weighted by molar-refractivity contribution is 0.602. The number of hydrogen-bond acceptors (Lipinski definition) is 4. The third-order valence-corrected chi connectivity index (χ3v) is 3.06. The summed E-state index contributed by atoms with van der Waals surface area (Å²) in [6.07, 6.45) is 1.22.